The Balaban J connectivity index is 1.99. The molecule has 0 aromatic heterocycles. The Bertz CT molecular complexity index is 711. The summed E-state index contributed by atoms with van der Waals surface area (Å²) in [5.41, 5.74) is 1.82. The van der Waals surface area contributed by atoms with Crippen LogP contribution in [0.1, 0.15) is 28.4 Å². The summed E-state index contributed by atoms with van der Waals surface area (Å²) >= 11 is 0. The molecule has 0 spiro atoms. The molecular weight excluding hydrogens is 296 g/mol. The van der Waals surface area contributed by atoms with E-state index in [0.717, 1.165) is 11.3 Å². The zero-order valence-electron chi connectivity index (χ0n) is 13.0. The summed E-state index contributed by atoms with van der Waals surface area (Å²) in [5, 5.41) is 13.6. The van der Waals surface area contributed by atoms with Crippen LogP contribution in [0.15, 0.2) is 42.5 Å². The Morgan fingerprint density at radius 2 is 1.91 bits per heavy atom. The minimum atomic E-state index is -0.461. The molecule has 0 atom stereocenters. The first kappa shape index (κ1) is 16.5. The van der Waals surface area contributed by atoms with Gasteiger partial charge in [-0.25, -0.2) is 0 Å². The summed E-state index contributed by atoms with van der Waals surface area (Å²) in [6.45, 7) is 4.51. The molecule has 0 aliphatic heterocycles. The number of carbonyl (C=O) groups is 1. The molecule has 6 nitrogen and oxygen atoms in total. The van der Waals surface area contributed by atoms with Gasteiger partial charge in [0.25, 0.3) is 11.6 Å². The molecule has 6 heteroatoms. The number of benzene rings is 2. The second-order valence-corrected chi connectivity index (χ2v) is 5.02. The van der Waals surface area contributed by atoms with Crippen LogP contribution in [0.5, 0.6) is 5.75 Å². The number of rotatable bonds is 6. The first-order chi connectivity index (χ1) is 11.0. The van der Waals surface area contributed by atoms with Gasteiger partial charge in [-0.15, -0.1) is 0 Å². The molecule has 0 aliphatic rings. The van der Waals surface area contributed by atoms with Gasteiger partial charge in [0.15, 0.2) is 0 Å². The predicted octanol–water partition coefficient (Wildman–Crippen LogP) is 3.23. The zero-order chi connectivity index (χ0) is 16.8. The number of carbonyl (C=O) groups excluding carboxylic acids is 1. The summed E-state index contributed by atoms with van der Waals surface area (Å²) < 4.78 is 5.36. The minimum absolute atomic E-state index is 0.00747. The topological polar surface area (TPSA) is 81.5 Å². The number of hydrogen-bond acceptors (Lipinski definition) is 4. The van der Waals surface area contributed by atoms with Crippen LogP contribution < -0.4 is 10.1 Å². The van der Waals surface area contributed by atoms with Gasteiger partial charge in [-0.2, -0.15) is 0 Å². The molecule has 0 radical (unpaired) electrons. The number of hydrogen-bond donors (Lipinski definition) is 1. The van der Waals surface area contributed by atoms with Crippen molar-refractivity contribution in [2.75, 3.05) is 6.61 Å². The number of ether oxygens (including phenoxy) is 1. The van der Waals surface area contributed by atoms with E-state index in [1.165, 1.54) is 18.2 Å². The number of nitro groups is 1. The molecule has 0 saturated heterocycles. The zero-order valence-corrected chi connectivity index (χ0v) is 13.0. The number of aryl methyl sites for hydroxylation is 1. The Labute approximate surface area is 134 Å². The normalized spacial score (nSPS) is 10.2. The Morgan fingerprint density at radius 1 is 1.22 bits per heavy atom. The summed E-state index contributed by atoms with van der Waals surface area (Å²) in [5.74, 6) is 0.519. The van der Waals surface area contributed by atoms with Gasteiger partial charge in [0.1, 0.15) is 5.75 Å². The number of nitrogens with zero attached hydrogens (tertiary/aromatic N) is 1. The van der Waals surface area contributed by atoms with E-state index in [4.69, 9.17) is 4.74 Å². The van der Waals surface area contributed by atoms with Gasteiger partial charge in [0, 0.05) is 23.7 Å². The maximum absolute atomic E-state index is 12.1. The average molecular weight is 314 g/mol. The summed E-state index contributed by atoms with van der Waals surface area (Å²) in [7, 11) is 0. The van der Waals surface area contributed by atoms with E-state index in [0.29, 0.717) is 24.3 Å². The molecule has 0 heterocycles. The van der Waals surface area contributed by atoms with Gasteiger partial charge < -0.3 is 10.1 Å². The second kappa shape index (κ2) is 7.40. The van der Waals surface area contributed by atoms with Crippen LogP contribution in [0.4, 0.5) is 5.69 Å². The minimum Gasteiger partial charge on any atom is -0.494 e. The monoisotopic (exact) mass is 314 g/mol. The van der Waals surface area contributed by atoms with E-state index in [9.17, 15) is 14.9 Å². The van der Waals surface area contributed by atoms with E-state index in [1.807, 2.05) is 31.2 Å². The second-order valence-electron chi connectivity index (χ2n) is 5.02. The molecule has 0 bridgehead atoms. The number of amides is 1. The van der Waals surface area contributed by atoms with Crippen molar-refractivity contribution in [1.82, 2.24) is 5.32 Å². The van der Waals surface area contributed by atoms with Crippen LogP contribution in [-0.4, -0.2) is 17.4 Å². The molecule has 1 amide bonds. The van der Waals surface area contributed by atoms with Gasteiger partial charge >= 0.3 is 0 Å². The van der Waals surface area contributed by atoms with Crippen molar-refractivity contribution in [2.24, 2.45) is 0 Å². The van der Waals surface area contributed by atoms with Crippen molar-refractivity contribution in [2.45, 2.75) is 20.4 Å². The molecule has 0 unspecified atom stereocenters. The van der Waals surface area contributed by atoms with Crippen LogP contribution in [0, 0.1) is 17.0 Å². The third-order valence-electron chi connectivity index (χ3n) is 3.34. The predicted molar refractivity (Wildman–Crippen MR) is 86.6 cm³/mol. The fourth-order valence-electron chi connectivity index (χ4n) is 2.16. The van der Waals surface area contributed by atoms with Crippen molar-refractivity contribution in [3.63, 3.8) is 0 Å². The average Bonchev–Trinajstić information content (AvgIpc) is 2.53. The molecule has 23 heavy (non-hydrogen) atoms. The van der Waals surface area contributed by atoms with E-state index < -0.39 is 4.92 Å². The smallest absolute Gasteiger partial charge is 0.272 e. The Hall–Kier alpha value is -2.89. The molecule has 2 rings (SSSR count). The van der Waals surface area contributed by atoms with Gasteiger partial charge in [-0.1, -0.05) is 12.1 Å². The van der Waals surface area contributed by atoms with Crippen LogP contribution >= 0.6 is 0 Å². The lowest BCUT2D eigenvalue weighted by Gasteiger charge is -2.08. The summed E-state index contributed by atoms with van der Waals surface area (Å²) in [6.07, 6.45) is 0. The molecule has 120 valence electrons. The number of nitrogens with one attached hydrogen (secondary N) is 1. The quantitative estimate of drug-likeness (QED) is 0.655. The van der Waals surface area contributed by atoms with E-state index >= 15 is 0 Å². The van der Waals surface area contributed by atoms with Gasteiger partial charge in [0.2, 0.25) is 0 Å². The maximum atomic E-state index is 12.1. The molecule has 2 aromatic rings. The third kappa shape index (κ3) is 4.29. The Kier molecular flexibility index (Phi) is 5.30. The van der Waals surface area contributed by atoms with Crippen LogP contribution in [0.3, 0.4) is 0 Å². The first-order valence-corrected chi connectivity index (χ1v) is 7.26. The highest BCUT2D eigenvalue weighted by molar-refractivity contribution is 5.94. The molecular formula is C17H18N2O4. The van der Waals surface area contributed by atoms with Crippen LogP contribution in [0.2, 0.25) is 0 Å². The van der Waals surface area contributed by atoms with Crippen molar-refractivity contribution >= 4 is 11.6 Å². The van der Waals surface area contributed by atoms with E-state index in [2.05, 4.69) is 5.32 Å². The van der Waals surface area contributed by atoms with Gasteiger partial charge in [-0.3, -0.25) is 14.9 Å². The standard InChI is InChI=1S/C17H18N2O4/c1-3-23-15-7-4-13(5-8-15)11-18-17(20)14-6-9-16(19(21)22)12(2)10-14/h4-10H,3,11H2,1-2H3,(H,18,20). The van der Waals surface area contributed by atoms with Crippen LogP contribution in [0.25, 0.3) is 0 Å². The molecule has 2 aromatic carbocycles. The van der Waals surface area contributed by atoms with E-state index in [1.54, 1.807) is 6.92 Å². The van der Waals surface area contributed by atoms with Crippen molar-refractivity contribution in [1.29, 1.82) is 0 Å². The van der Waals surface area contributed by atoms with Gasteiger partial charge in [-0.05, 0) is 43.7 Å². The fraction of sp³-hybridized carbons (Fsp3) is 0.235. The molecule has 0 saturated carbocycles. The highest BCUT2D eigenvalue weighted by atomic mass is 16.6. The Morgan fingerprint density at radius 3 is 2.48 bits per heavy atom. The lowest BCUT2D eigenvalue weighted by molar-refractivity contribution is -0.385. The largest absolute Gasteiger partial charge is 0.494 e. The van der Waals surface area contributed by atoms with Crippen molar-refractivity contribution in [3.8, 4) is 5.75 Å². The lowest BCUT2D eigenvalue weighted by Crippen LogP contribution is -2.22. The van der Waals surface area contributed by atoms with Crippen LogP contribution in [-0.2, 0) is 6.54 Å². The fourth-order valence-corrected chi connectivity index (χ4v) is 2.16. The maximum Gasteiger partial charge on any atom is 0.272 e. The highest BCUT2D eigenvalue weighted by Crippen LogP contribution is 2.19. The van der Waals surface area contributed by atoms with E-state index in [-0.39, 0.29) is 11.6 Å². The third-order valence-corrected chi connectivity index (χ3v) is 3.34. The lowest BCUT2D eigenvalue weighted by atomic mass is 10.1. The SMILES string of the molecule is CCOc1ccc(CNC(=O)c2ccc([N+](=O)[O-])c(C)c2)cc1. The van der Waals surface area contributed by atoms with Gasteiger partial charge in [0.05, 0.1) is 11.5 Å². The molecule has 0 aliphatic carbocycles. The molecule has 1 N–H and O–H groups in total. The number of nitro benzene ring substituents is 1. The van der Waals surface area contributed by atoms with Crippen molar-refractivity contribution in [3.05, 3.63) is 69.3 Å². The summed E-state index contributed by atoms with van der Waals surface area (Å²) in [6, 6.07) is 11.8. The van der Waals surface area contributed by atoms with Crippen molar-refractivity contribution < 1.29 is 14.5 Å². The molecule has 0 fully saturated rings. The summed E-state index contributed by atoms with van der Waals surface area (Å²) in [4.78, 5) is 22.4. The first-order valence-electron chi connectivity index (χ1n) is 7.26. The highest BCUT2D eigenvalue weighted by Gasteiger charge is 2.13.